The first kappa shape index (κ1) is 9.14. The molecule has 0 bridgehead atoms. The molecule has 2 rings (SSSR count). The molecule has 0 aliphatic rings. The molecule has 6 heteroatoms. The lowest BCUT2D eigenvalue weighted by Gasteiger charge is -2.00. The molecule has 2 aromatic rings. The highest BCUT2D eigenvalue weighted by Crippen LogP contribution is 2.21. The molecule has 0 aromatic carbocycles. The van der Waals surface area contributed by atoms with Crippen LogP contribution in [0.4, 0.5) is 5.95 Å². The van der Waals surface area contributed by atoms with E-state index in [-0.39, 0.29) is 0 Å². The molecule has 0 saturated heterocycles. The third kappa shape index (κ3) is 1.48. The van der Waals surface area contributed by atoms with Gasteiger partial charge in [-0.3, -0.25) is 0 Å². The molecule has 0 atom stereocenters. The first-order valence-corrected chi connectivity index (χ1v) is 5.11. The Hall–Kier alpha value is -1.43. The highest BCUT2D eigenvalue weighted by atomic mass is 32.1. The summed E-state index contributed by atoms with van der Waals surface area (Å²) in [6.45, 7) is 4.85. The summed E-state index contributed by atoms with van der Waals surface area (Å²) in [5.41, 5.74) is 8.10. The van der Waals surface area contributed by atoms with Crippen molar-refractivity contribution in [3.05, 3.63) is 21.4 Å². The van der Waals surface area contributed by atoms with Gasteiger partial charge in [-0.2, -0.15) is 0 Å². The van der Waals surface area contributed by atoms with E-state index in [2.05, 4.69) is 34.8 Å². The van der Waals surface area contributed by atoms with Crippen molar-refractivity contribution in [3.63, 3.8) is 0 Å². The SMILES string of the molecule is Cc1scc(Cn2nnnc2N)c1C. The minimum atomic E-state index is 0.355. The van der Waals surface area contributed by atoms with Gasteiger partial charge in [0.05, 0.1) is 6.54 Å². The van der Waals surface area contributed by atoms with Crippen LogP contribution in [0.2, 0.25) is 0 Å². The van der Waals surface area contributed by atoms with Crippen LogP contribution in [0.25, 0.3) is 0 Å². The Morgan fingerprint density at radius 2 is 2.29 bits per heavy atom. The highest BCUT2D eigenvalue weighted by Gasteiger charge is 2.07. The summed E-state index contributed by atoms with van der Waals surface area (Å²) in [4.78, 5) is 1.33. The van der Waals surface area contributed by atoms with E-state index in [0.29, 0.717) is 12.5 Å². The van der Waals surface area contributed by atoms with Gasteiger partial charge in [-0.15, -0.1) is 11.3 Å². The van der Waals surface area contributed by atoms with Crippen molar-refractivity contribution in [1.29, 1.82) is 0 Å². The summed E-state index contributed by atoms with van der Waals surface area (Å²) in [5, 5.41) is 13.0. The van der Waals surface area contributed by atoms with Gasteiger partial charge in [-0.25, -0.2) is 4.68 Å². The van der Waals surface area contributed by atoms with Gasteiger partial charge in [0.15, 0.2) is 0 Å². The average molecular weight is 209 g/mol. The zero-order chi connectivity index (χ0) is 10.1. The van der Waals surface area contributed by atoms with E-state index in [9.17, 15) is 0 Å². The van der Waals surface area contributed by atoms with Gasteiger partial charge in [0.25, 0.3) is 0 Å². The monoisotopic (exact) mass is 209 g/mol. The van der Waals surface area contributed by atoms with Gasteiger partial charge >= 0.3 is 0 Å². The number of aryl methyl sites for hydroxylation is 1. The predicted octanol–water partition coefficient (Wildman–Crippen LogP) is 0.982. The third-order valence-electron chi connectivity index (χ3n) is 2.27. The van der Waals surface area contributed by atoms with E-state index >= 15 is 0 Å². The van der Waals surface area contributed by atoms with Crippen LogP contribution in [-0.2, 0) is 6.54 Å². The summed E-state index contributed by atoms with van der Waals surface area (Å²) >= 11 is 1.74. The van der Waals surface area contributed by atoms with Crippen molar-refractivity contribution < 1.29 is 0 Å². The fourth-order valence-electron chi connectivity index (χ4n) is 1.20. The van der Waals surface area contributed by atoms with Gasteiger partial charge < -0.3 is 5.73 Å². The van der Waals surface area contributed by atoms with Gasteiger partial charge in [-0.05, 0) is 40.8 Å². The van der Waals surface area contributed by atoms with E-state index in [1.807, 2.05) is 0 Å². The molecular weight excluding hydrogens is 198 g/mol. The van der Waals surface area contributed by atoms with Gasteiger partial charge in [-0.1, -0.05) is 5.10 Å². The molecule has 5 nitrogen and oxygen atoms in total. The first-order valence-electron chi connectivity index (χ1n) is 4.23. The van der Waals surface area contributed by atoms with E-state index < -0.39 is 0 Å². The summed E-state index contributed by atoms with van der Waals surface area (Å²) in [6, 6.07) is 0. The van der Waals surface area contributed by atoms with Crippen molar-refractivity contribution >= 4 is 17.3 Å². The third-order valence-corrected chi connectivity index (χ3v) is 3.33. The Morgan fingerprint density at radius 3 is 2.79 bits per heavy atom. The van der Waals surface area contributed by atoms with E-state index in [1.165, 1.54) is 16.0 Å². The maximum atomic E-state index is 5.58. The fourth-order valence-corrected chi connectivity index (χ4v) is 2.08. The molecule has 0 unspecified atom stereocenters. The quantitative estimate of drug-likeness (QED) is 0.800. The number of thiophene rings is 1. The lowest BCUT2D eigenvalue weighted by atomic mass is 10.2. The first-order chi connectivity index (χ1) is 6.68. The van der Waals surface area contributed by atoms with Crippen LogP contribution in [0.5, 0.6) is 0 Å². The predicted molar refractivity (Wildman–Crippen MR) is 55.1 cm³/mol. The Kier molecular flexibility index (Phi) is 2.20. The molecule has 0 radical (unpaired) electrons. The zero-order valence-corrected chi connectivity index (χ0v) is 8.88. The van der Waals surface area contributed by atoms with Crippen molar-refractivity contribution in [3.8, 4) is 0 Å². The molecule has 0 spiro atoms. The summed E-state index contributed by atoms with van der Waals surface area (Å²) in [7, 11) is 0. The number of anilines is 1. The standard InChI is InChI=1S/C8H11N5S/c1-5-6(2)14-4-7(5)3-13-8(9)10-11-12-13/h4H,3H2,1-2H3,(H2,9,10,12). The molecule has 0 amide bonds. The van der Waals surface area contributed by atoms with E-state index in [1.54, 1.807) is 16.0 Å². The van der Waals surface area contributed by atoms with Crippen LogP contribution >= 0.6 is 11.3 Å². The summed E-state index contributed by atoms with van der Waals surface area (Å²) < 4.78 is 1.59. The molecule has 2 N–H and O–H groups in total. The van der Waals surface area contributed by atoms with Crippen molar-refractivity contribution in [2.45, 2.75) is 20.4 Å². The number of nitrogens with two attached hydrogens (primary N) is 1. The topological polar surface area (TPSA) is 69.6 Å². The number of nitrogen functional groups attached to an aromatic ring is 1. The molecular formula is C8H11N5S. The zero-order valence-electron chi connectivity index (χ0n) is 8.06. The number of aromatic nitrogens is 4. The summed E-state index contributed by atoms with van der Waals surface area (Å²) in [6.07, 6.45) is 0. The minimum Gasteiger partial charge on any atom is -0.367 e. The number of nitrogens with zero attached hydrogens (tertiary/aromatic N) is 4. The maximum Gasteiger partial charge on any atom is 0.240 e. The van der Waals surface area contributed by atoms with Crippen LogP contribution in [-0.4, -0.2) is 20.2 Å². The van der Waals surface area contributed by atoms with Crippen molar-refractivity contribution in [2.24, 2.45) is 0 Å². The second kappa shape index (κ2) is 3.38. The Bertz CT molecular complexity index is 444. The second-order valence-corrected chi connectivity index (χ2v) is 4.22. The van der Waals surface area contributed by atoms with Crippen LogP contribution in [0.3, 0.4) is 0 Å². The van der Waals surface area contributed by atoms with Gasteiger partial charge in [0.2, 0.25) is 5.95 Å². The highest BCUT2D eigenvalue weighted by molar-refractivity contribution is 7.10. The molecule has 2 aromatic heterocycles. The van der Waals surface area contributed by atoms with E-state index in [4.69, 9.17) is 5.73 Å². The Morgan fingerprint density at radius 1 is 1.50 bits per heavy atom. The molecule has 0 aliphatic heterocycles. The fraction of sp³-hybridized carbons (Fsp3) is 0.375. The lowest BCUT2D eigenvalue weighted by molar-refractivity contribution is 0.654. The van der Waals surface area contributed by atoms with Crippen LogP contribution in [0, 0.1) is 13.8 Å². The smallest absolute Gasteiger partial charge is 0.240 e. The molecule has 0 fully saturated rings. The lowest BCUT2D eigenvalue weighted by Crippen LogP contribution is -2.06. The average Bonchev–Trinajstić information content (AvgIpc) is 2.68. The number of hydrogen-bond acceptors (Lipinski definition) is 5. The van der Waals surface area contributed by atoms with Crippen LogP contribution < -0.4 is 5.73 Å². The summed E-state index contributed by atoms with van der Waals surface area (Å²) in [5.74, 6) is 0.355. The normalized spacial score (nSPS) is 10.7. The molecule has 74 valence electrons. The largest absolute Gasteiger partial charge is 0.367 e. The Balaban J connectivity index is 2.27. The van der Waals surface area contributed by atoms with Gasteiger partial charge in [0.1, 0.15) is 0 Å². The Labute approximate surface area is 85.5 Å². The molecule has 0 aliphatic carbocycles. The number of tetrazole rings is 1. The number of hydrogen-bond donors (Lipinski definition) is 1. The molecule has 2 heterocycles. The van der Waals surface area contributed by atoms with Crippen LogP contribution in [0.15, 0.2) is 5.38 Å². The van der Waals surface area contributed by atoms with Crippen LogP contribution in [0.1, 0.15) is 16.0 Å². The second-order valence-electron chi connectivity index (χ2n) is 3.14. The van der Waals surface area contributed by atoms with E-state index in [0.717, 1.165) is 0 Å². The molecule has 14 heavy (non-hydrogen) atoms. The molecule has 0 saturated carbocycles. The number of rotatable bonds is 2. The minimum absolute atomic E-state index is 0.355. The maximum absolute atomic E-state index is 5.58. The van der Waals surface area contributed by atoms with Crippen molar-refractivity contribution in [2.75, 3.05) is 5.73 Å². The van der Waals surface area contributed by atoms with Gasteiger partial charge in [0, 0.05) is 4.88 Å². The van der Waals surface area contributed by atoms with Crippen molar-refractivity contribution in [1.82, 2.24) is 20.2 Å².